The van der Waals surface area contributed by atoms with E-state index in [-0.39, 0.29) is 24.5 Å². The van der Waals surface area contributed by atoms with Gasteiger partial charge in [0.2, 0.25) is 5.91 Å². The predicted molar refractivity (Wildman–Crippen MR) is 125 cm³/mol. The van der Waals surface area contributed by atoms with Crippen LogP contribution in [0.1, 0.15) is 55.9 Å². The molecule has 2 aromatic rings. The lowest BCUT2D eigenvalue weighted by molar-refractivity contribution is -0.143. The second-order valence-corrected chi connectivity index (χ2v) is 8.31. The minimum Gasteiger partial charge on any atom is -0.483 e. The van der Waals surface area contributed by atoms with E-state index in [2.05, 4.69) is 5.32 Å². The average molecular weight is 425 g/mol. The smallest absolute Gasteiger partial charge is 0.261 e. The molecule has 168 valence electrons. The van der Waals surface area contributed by atoms with Crippen LogP contribution in [0.2, 0.25) is 0 Å². The van der Waals surface area contributed by atoms with Gasteiger partial charge in [-0.05, 0) is 63.3 Å². The van der Waals surface area contributed by atoms with Crippen molar-refractivity contribution in [3.8, 4) is 5.75 Å². The van der Waals surface area contributed by atoms with Crippen LogP contribution in [0.3, 0.4) is 0 Å². The van der Waals surface area contributed by atoms with Crippen LogP contribution in [-0.2, 0) is 16.1 Å². The molecule has 1 N–H and O–H groups in total. The minimum absolute atomic E-state index is 0.0593. The number of nitrogens with one attached hydrogen (secondary N) is 1. The molecule has 2 atom stereocenters. The van der Waals surface area contributed by atoms with Gasteiger partial charge in [0.1, 0.15) is 11.8 Å². The normalized spacial score (nSPS) is 12.7. The molecule has 0 aromatic heterocycles. The van der Waals surface area contributed by atoms with E-state index in [1.807, 2.05) is 84.0 Å². The summed E-state index contributed by atoms with van der Waals surface area (Å²) in [6, 6.07) is 13.5. The van der Waals surface area contributed by atoms with Gasteiger partial charge in [-0.2, -0.15) is 0 Å². The fourth-order valence-electron chi connectivity index (χ4n) is 3.34. The first kappa shape index (κ1) is 24.4. The molecule has 2 aromatic carbocycles. The van der Waals surface area contributed by atoms with Crippen LogP contribution in [0.15, 0.2) is 42.5 Å². The molecule has 5 nitrogen and oxygen atoms in total. The highest BCUT2D eigenvalue weighted by Crippen LogP contribution is 2.20. The Morgan fingerprint density at radius 2 is 1.61 bits per heavy atom. The topological polar surface area (TPSA) is 58.6 Å². The van der Waals surface area contributed by atoms with E-state index in [1.165, 1.54) is 0 Å². The van der Waals surface area contributed by atoms with Crippen molar-refractivity contribution in [2.45, 2.75) is 73.0 Å². The Balaban J connectivity index is 2.23. The first-order chi connectivity index (χ1) is 14.7. The molecule has 0 aliphatic rings. The van der Waals surface area contributed by atoms with Gasteiger partial charge in [-0.25, -0.2) is 0 Å². The summed E-state index contributed by atoms with van der Waals surface area (Å²) in [7, 11) is 0. The van der Waals surface area contributed by atoms with Gasteiger partial charge >= 0.3 is 0 Å². The first-order valence-corrected chi connectivity index (χ1v) is 11.1. The summed E-state index contributed by atoms with van der Waals surface area (Å²) < 4.78 is 5.87. The zero-order valence-corrected chi connectivity index (χ0v) is 19.7. The lowest BCUT2D eigenvalue weighted by Gasteiger charge is -2.31. The third kappa shape index (κ3) is 7.12. The van der Waals surface area contributed by atoms with Crippen LogP contribution in [-0.4, -0.2) is 35.4 Å². The van der Waals surface area contributed by atoms with Gasteiger partial charge in [-0.15, -0.1) is 0 Å². The first-order valence-electron chi connectivity index (χ1n) is 11.1. The highest BCUT2D eigenvalue weighted by Gasteiger charge is 2.29. The minimum atomic E-state index is -0.551. The SMILES string of the molecule is CC[C@@H](C)NC(=O)[C@H](CC)N(Cc1ccc(C)cc1)C(=O)COc1cc(C)ccc1C. The number of hydrogen-bond acceptors (Lipinski definition) is 3. The molecule has 31 heavy (non-hydrogen) atoms. The van der Waals surface area contributed by atoms with Crippen molar-refractivity contribution in [1.82, 2.24) is 10.2 Å². The molecule has 0 saturated heterocycles. The van der Waals surface area contributed by atoms with E-state index in [9.17, 15) is 9.59 Å². The highest BCUT2D eigenvalue weighted by molar-refractivity contribution is 5.88. The monoisotopic (exact) mass is 424 g/mol. The zero-order chi connectivity index (χ0) is 23.0. The zero-order valence-electron chi connectivity index (χ0n) is 19.7. The van der Waals surface area contributed by atoms with Gasteiger partial charge in [0.25, 0.3) is 5.91 Å². The molecule has 0 aliphatic heterocycles. The van der Waals surface area contributed by atoms with E-state index < -0.39 is 6.04 Å². The van der Waals surface area contributed by atoms with Crippen LogP contribution >= 0.6 is 0 Å². The molecule has 2 rings (SSSR count). The Morgan fingerprint density at radius 1 is 0.968 bits per heavy atom. The second kappa shape index (κ2) is 11.5. The molecule has 5 heteroatoms. The summed E-state index contributed by atoms with van der Waals surface area (Å²) in [5.74, 6) is 0.373. The molecule has 0 aliphatic carbocycles. The maximum Gasteiger partial charge on any atom is 0.261 e. The van der Waals surface area contributed by atoms with E-state index >= 15 is 0 Å². The van der Waals surface area contributed by atoms with Gasteiger partial charge in [0.15, 0.2) is 6.61 Å². The summed E-state index contributed by atoms with van der Waals surface area (Å²) in [6.07, 6.45) is 1.37. The van der Waals surface area contributed by atoms with E-state index in [1.54, 1.807) is 4.90 Å². The van der Waals surface area contributed by atoms with E-state index in [4.69, 9.17) is 4.74 Å². The standard InChI is InChI=1S/C26H36N2O3/c1-7-21(6)27-26(30)23(8-2)28(16-22-13-10-18(3)11-14-22)25(29)17-31-24-15-19(4)9-12-20(24)5/h9-15,21,23H,7-8,16-17H2,1-6H3,(H,27,30)/t21-,23+/m1/s1. The summed E-state index contributed by atoms with van der Waals surface area (Å²) in [5, 5.41) is 3.03. The fraction of sp³-hybridized carbons (Fsp3) is 0.462. The number of ether oxygens (including phenoxy) is 1. The summed E-state index contributed by atoms with van der Waals surface area (Å²) in [6.45, 7) is 12.2. The lowest BCUT2D eigenvalue weighted by Crippen LogP contribution is -2.51. The number of nitrogens with zero attached hydrogens (tertiary/aromatic N) is 1. The van der Waals surface area contributed by atoms with Crippen LogP contribution in [0, 0.1) is 20.8 Å². The maximum absolute atomic E-state index is 13.3. The number of carbonyl (C=O) groups excluding carboxylic acids is 2. The number of rotatable bonds is 10. The molecule has 0 radical (unpaired) electrons. The molecular formula is C26H36N2O3. The van der Waals surface area contributed by atoms with Crippen molar-refractivity contribution >= 4 is 11.8 Å². The molecule has 0 unspecified atom stereocenters. The number of carbonyl (C=O) groups is 2. The molecule has 0 heterocycles. The summed E-state index contributed by atoms with van der Waals surface area (Å²) in [4.78, 5) is 27.9. The molecule has 0 bridgehead atoms. The van der Waals surface area contributed by atoms with Gasteiger partial charge < -0.3 is 15.0 Å². The van der Waals surface area contributed by atoms with Gasteiger partial charge in [0, 0.05) is 12.6 Å². The van der Waals surface area contributed by atoms with Gasteiger partial charge in [-0.1, -0.05) is 55.8 Å². The number of hydrogen-bond donors (Lipinski definition) is 1. The summed E-state index contributed by atoms with van der Waals surface area (Å²) >= 11 is 0. The average Bonchev–Trinajstić information content (AvgIpc) is 2.75. The van der Waals surface area contributed by atoms with Crippen molar-refractivity contribution in [2.75, 3.05) is 6.61 Å². The van der Waals surface area contributed by atoms with Crippen molar-refractivity contribution in [3.63, 3.8) is 0 Å². The number of benzene rings is 2. The van der Waals surface area contributed by atoms with Crippen LogP contribution in [0.4, 0.5) is 0 Å². The Morgan fingerprint density at radius 3 is 2.23 bits per heavy atom. The van der Waals surface area contributed by atoms with Crippen LogP contribution in [0.5, 0.6) is 5.75 Å². The highest BCUT2D eigenvalue weighted by atomic mass is 16.5. The van der Waals surface area contributed by atoms with Gasteiger partial charge in [-0.3, -0.25) is 9.59 Å². The van der Waals surface area contributed by atoms with Crippen molar-refractivity contribution in [2.24, 2.45) is 0 Å². The third-order valence-corrected chi connectivity index (χ3v) is 5.56. The van der Waals surface area contributed by atoms with Crippen molar-refractivity contribution < 1.29 is 14.3 Å². The Bertz CT molecular complexity index is 877. The van der Waals surface area contributed by atoms with Crippen LogP contribution in [0.25, 0.3) is 0 Å². The van der Waals surface area contributed by atoms with E-state index in [0.29, 0.717) is 18.7 Å². The van der Waals surface area contributed by atoms with E-state index in [0.717, 1.165) is 28.7 Å². The predicted octanol–water partition coefficient (Wildman–Crippen LogP) is 4.71. The molecule has 0 spiro atoms. The second-order valence-electron chi connectivity index (χ2n) is 8.31. The number of amides is 2. The summed E-state index contributed by atoms with van der Waals surface area (Å²) in [5.41, 5.74) is 4.19. The fourth-order valence-corrected chi connectivity index (χ4v) is 3.34. The lowest BCUT2D eigenvalue weighted by atomic mass is 10.1. The van der Waals surface area contributed by atoms with Crippen molar-refractivity contribution in [1.29, 1.82) is 0 Å². The molecular weight excluding hydrogens is 388 g/mol. The Hall–Kier alpha value is -2.82. The largest absolute Gasteiger partial charge is 0.483 e. The molecule has 0 saturated carbocycles. The molecule has 2 amide bonds. The Kier molecular flexibility index (Phi) is 9.10. The Labute approximate surface area is 186 Å². The van der Waals surface area contributed by atoms with Crippen LogP contribution < -0.4 is 10.1 Å². The number of aryl methyl sites for hydroxylation is 3. The molecule has 0 fully saturated rings. The maximum atomic E-state index is 13.3. The van der Waals surface area contributed by atoms with Gasteiger partial charge in [0.05, 0.1) is 0 Å². The third-order valence-electron chi connectivity index (χ3n) is 5.56. The quantitative estimate of drug-likeness (QED) is 0.601. The van der Waals surface area contributed by atoms with Crippen molar-refractivity contribution in [3.05, 3.63) is 64.7 Å².